The third kappa shape index (κ3) is 3.36. The second-order valence-electron chi connectivity index (χ2n) is 4.83. The smallest absolute Gasteiger partial charge is 0.341 e. The summed E-state index contributed by atoms with van der Waals surface area (Å²) in [7, 11) is 1.36. The topological polar surface area (TPSA) is 77.2 Å². The zero-order chi connectivity index (χ0) is 14.5. The predicted octanol–water partition coefficient (Wildman–Crippen LogP) is 2.54. The van der Waals surface area contributed by atoms with Crippen molar-refractivity contribution in [1.82, 2.24) is 4.98 Å². The molecule has 0 amide bonds. The summed E-state index contributed by atoms with van der Waals surface area (Å²) in [6.45, 7) is 2.17. The number of ether oxygens (including phenoxy) is 1. The Morgan fingerprint density at radius 1 is 1.60 bits per heavy atom. The standard InChI is InChI=1S/C14H21N3O2S/c1-3-20-12-6-4-5-11(12)17-13-10(14(18)19-2)7-9(15)8-16-13/h7-8,11-12H,3-6,15H2,1-2H3,(H,16,17). The molecule has 1 fully saturated rings. The van der Waals surface area contributed by atoms with Crippen LogP contribution in [-0.4, -0.2) is 35.1 Å². The SMILES string of the molecule is CCSC1CCCC1Nc1ncc(N)cc1C(=O)OC. The van der Waals surface area contributed by atoms with Crippen LogP contribution in [0.1, 0.15) is 36.5 Å². The summed E-state index contributed by atoms with van der Waals surface area (Å²) in [6.07, 6.45) is 5.08. The maximum atomic E-state index is 11.8. The lowest BCUT2D eigenvalue weighted by Gasteiger charge is -2.21. The van der Waals surface area contributed by atoms with E-state index < -0.39 is 5.97 Å². The largest absolute Gasteiger partial charge is 0.465 e. The molecule has 0 spiro atoms. The summed E-state index contributed by atoms with van der Waals surface area (Å²) in [5, 5.41) is 3.97. The molecule has 2 rings (SSSR count). The average Bonchev–Trinajstić information content (AvgIpc) is 2.87. The zero-order valence-electron chi connectivity index (χ0n) is 11.9. The lowest BCUT2D eigenvalue weighted by Crippen LogP contribution is -2.28. The second-order valence-corrected chi connectivity index (χ2v) is 6.35. The average molecular weight is 295 g/mol. The number of anilines is 2. The molecule has 0 bridgehead atoms. The van der Waals surface area contributed by atoms with Crippen molar-refractivity contribution < 1.29 is 9.53 Å². The molecule has 1 aliphatic carbocycles. The highest BCUT2D eigenvalue weighted by Crippen LogP contribution is 2.32. The maximum absolute atomic E-state index is 11.8. The molecule has 1 heterocycles. The highest BCUT2D eigenvalue weighted by atomic mass is 32.2. The monoisotopic (exact) mass is 295 g/mol. The van der Waals surface area contributed by atoms with Crippen LogP contribution in [0.25, 0.3) is 0 Å². The van der Waals surface area contributed by atoms with E-state index in [-0.39, 0.29) is 0 Å². The van der Waals surface area contributed by atoms with Crippen LogP contribution in [0.3, 0.4) is 0 Å². The highest BCUT2D eigenvalue weighted by molar-refractivity contribution is 7.99. The molecule has 1 aromatic heterocycles. The molecule has 6 heteroatoms. The minimum Gasteiger partial charge on any atom is -0.465 e. The molecule has 0 radical (unpaired) electrons. The van der Waals surface area contributed by atoms with E-state index >= 15 is 0 Å². The first kappa shape index (κ1) is 15.0. The number of carbonyl (C=O) groups is 1. The third-order valence-electron chi connectivity index (χ3n) is 3.47. The van der Waals surface area contributed by atoms with Crippen molar-refractivity contribution in [2.75, 3.05) is 23.9 Å². The van der Waals surface area contributed by atoms with Crippen molar-refractivity contribution in [2.24, 2.45) is 0 Å². The minimum atomic E-state index is -0.412. The summed E-state index contributed by atoms with van der Waals surface area (Å²) < 4.78 is 4.79. The Morgan fingerprint density at radius 3 is 3.10 bits per heavy atom. The van der Waals surface area contributed by atoms with Gasteiger partial charge in [-0.15, -0.1) is 0 Å². The Hall–Kier alpha value is -1.43. The first-order valence-electron chi connectivity index (χ1n) is 6.87. The van der Waals surface area contributed by atoms with Crippen molar-refractivity contribution in [3.05, 3.63) is 17.8 Å². The minimum absolute atomic E-state index is 0.347. The van der Waals surface area contributed by atoms with E-state index in [0.717, 1.165) is 12.2 Å². The van der Waals surface area contributed by atoms with Crippen molar-refractivity contribution >= 4 is 29.2 Å². The number of nitrogens with zero attached hydrogens (tertiary/aromatic N) is 1. The highest BCUT2D eigenvalue weighted by Gasteiger charge is 2.28. The number of aromatic nitrogens is 1. The molecule has 1 saturated carbocycles. The van der Waals surface area contributed by atoms with E-state index in [1.165, 1.54) is 20.0 Å². The fourth-order valence-corrected chi connectivity index (χ4v) is 3.74. The Balaban J connectivity index is 2.18. The molecular formula is C14H21N3O2S. The Labute approximate surface area is 123 Å². The summed E-state index contributed by atoms with van der Waals surface area (Å²) in [6, 6.07) is 1.96. The molecule has 20 heavy (non-hydrogen) atoms. The molecule has 5 nitrogen and oxygen atoms in total. The number of carbonyl (C=O) groups excluding carboxylic acids is 1. The summed E-state index contributed by atoms with van der Waals surface area (Å²) in [5.41, 5.74) is 6.56. The van der Waals surface area contributed by atoms with Gasteiger partial charge in [0, 0.05) is 11.3 Å². The van der Waals surface area contributed by atoms with Crippen LogP contribution in [-0.2, 0) is 4.74 Å². The molecule has 0 aromatic carbocycles. The van der Waals surface area contributed by atoms with Gasteiger partial charge in [-0.05, 0) is 24.7 Å². The third-order valence-corrected chi connectivity index (χ3v) is 4.80. The molecule has 0 aliphatic heterocycles. The van der Waals surface area contributed by atoms with Gasteiger partial charge in [-0.2, -0.15) is 11.8 Å². The van der Waals surface area contributed by atoms with E-state index in [9.17, 15) is 4.79 Å². The van der Waals surface area contributed by atoms with Gasteiger partial charge in [0.25, 0.3) is 0 Å². The Bertz CT molecular complexity index is 481. The normalized spacial score (nSPS) is 21.7. The van der Waals surface area contributed by atoms with E-state index in [2.05, 4.69) is 17.2 Å². The number of esters is 1. The van der Waals surface area contributed by atoms with Gasteiger partial charge in [0.15, 0.2) is 0 Å². The Morgan fingerprint density at radius 2 is 2.40 bits per heavy atom. The number of thioether (sulfide) groups is 1. The fourth-order valence-electron chi connectivity index (χ4n) is 2.54. The summed E-state index contributed by atoms with van der Waals surface area (Å²) >= 11 is 1.96. The van der Waals surface area contributed by atoms with Gasteiger partial charge in [0.1, 0.15) is 11.4 Å². The van der Waals surface area contributed by atoms with Crippen LogP contribution >= 0.6 is 11.8 Å². The number of hydrogen-bond acceptors (Lipinski definition) is 6. The number of nitrogens with one attached hydrogen (secondary N) is 1. The maximum Gasteiger partial charge on any atom is 0.341 e. The zero-order valence-corrected chi connectivity index (χ0v) is 12.7. The first-order valence-corrected chi connectivity index (χ1v) is 7.92. The van der Waals surface area contributed by atoms with Crippen LogP contribution < -0.4 is 11.1 Å². The number of nitrogens with two attached hydrogens (primary N) is 1. The van der Waals surface area contributed by atoms with E-state index in [4.69, 9.17) is 10.5 Å². The molecule has 0 saturated heterocycles. The van der Waals surface area contributed by atoms with E-state index in [0.29, 0.717) is 28.4 Å². The molecule has 3 N–H and O–H groups in total. The Kier molecular flexibility index (Phi) is 5.11. The van der Waals surface area contributed by atoms with Crippen LogP contribution in [0.15, 0.2) is 12.3 Å². The number of pyridine rings is 1. The second kappa shape index (κ2) is 6.83. The lowest BCUT2D eigenvalue weighted by atomic mass is 10.2. The number of rotatable bonds is 5. The van der Waals surface area contributed by atoms with Gasteiger partial charge >= 0.3 is 5.97 Å². The predicted molar refractivity (Wildman–Crippen MR) is 83.2 cm³/mol. The van der Waals surface area contributed by atoms with E-state index in [1.54, 1.807) is 12.3 Å². The van der Waals surface area contributed by atoms with Crippen molar-refractivity contribution in [3.8, 4) is 0 Å². The van der Waals surface area contributed by atoms with Crippen LogP contribution in [0.2, 0.25) is 0 Å². The van der Waals surface area contributed by atoms with Gasteiger partial charge in [0.05, 0.1) is 19.0 Å². The summed E-state index contributed by atoms with van der Waals surface area (Å²) in [4.78, 5) is 16.1. The molecule has 110 valence electrons. The summed E-state index contributed by atoms with van der Waals surface area (Å²) in [5.74, 6) is 1.26. The van der Waals surface area contributed by atoms with Gasteiger partial charge < -0.3 is 15.8 Å². The number of nitrogen functional groups attached to an aromatic ring is 1. The van der Waals surface area contributed by atoms with Crippen molar-refractivity contribution in [1.29, 1.82) is 0 Å². The molecule has 2 atom stereocenters. The van der Waals surface area contributed by atoms with Crippen molar-refractivity contribution in [3.63, 3.8) is 0 Å². The van der Waals surface area contributed by atoms with Crippen LogP contribution in [0.5, 0.6) is 0 Å². The first-order chi connectivity index (χ1) is 9.65. The number of hydrogen-bond donors (Lipinski definition) is 2. The van der Waals surface area contributed by atoms with Crippen LogP contribution in [0.4, 0.5) is 11.5 Å². The van der Waals surface area contributed by atoms with E-state index in [1.807, 2.05) is 11.8 Å². The molecule has 1 aromatic rings. The molecule has 1 aliphatic rings. The van der Waals surface area contributed by atoms with Gasteiger partial charge in [-0.3, -0.25) is 0 Å². The van der Waals surface area contributed by atoms with Gasteiger partial charge in [-0.25, -0.2) is 9.78 Å². The van der Waals surface area contributed by atoms with Gasteiger partial charge in [0.2, 0.25) is 0 Å². The van der Waals surface area contributed by atoms with Crippen LogP contribution in [0, 0.1) is 0 Å². The lowest BCUT2D eigenvalue weighted by molar-refractivity contribution is 0.0601. The molecular weight excluding hydrogens is 274 g/mol. The van der Waals surface area contributed by atoms with Crippen molar-refractivity contribution in [2.45, 2.75) is 37.5 Å². The molecule has 2 unspecified atom stereocenters. The quantitative estimate of drug-likeness (QED) is 0.813. The fraction of sp³-hybridized carbons (Fsp3) is 0.571. The number of methoxy groups -OCH3 is 1. The van der Waals surface area contributed by atoms with Gasteiger partial charge in [-0.1, -0.05) is 13.3 Å².